The molecular weight excluding hydrogens is 526 g/mol. The van der Waals surface area contributed by atoms with Gasteiger partial charge in [0.25, 0.3) is 0 Å². The van der Waals surface area contributed by atoms with E-state index in [4.69, 9.17) is 9.15 Å². The number of aromatic nitrogens is 1. The summed E-state index contributed by atoms with van der Waals surface area (Å²) in [6.45, 7) is 12.4. The van der Waals surface area contributed by atoms with Gasteiger partial charge in [0.05, 0.1) is 17.1 Å². The summed E-state index contributed by atoms with van der Waals surface area (Å²) >= 11 is 0. The molecule has 0 spiro atoms. The first-order chi connectivity index (χ1) is 20.4. The highest BCUT2D eigenvalue weighted by atomic mass is 16.6. The topological polar surface area (TPSA) is 67.9 Å². The van der Waals surface area contributed by atoms with E-state index in [-0.39, 0.29) is 17.8 Å². The highest BCUT2D eigenvalue weighted by Gasteiger charge is 2.28. The summed E-state index contributed by atoms with van der Waals surface area (Å²) in [7, 11) is 0. The van der Waals surface area contributed by atoms with Gasteiger partial charge in [-0.25, -0.2) is 9.36 Å². The Kier molecular flexibility index (Phi) is 9.48. The number of esters is 1. The van der Waals surface area contributed by atoms with Crippen LogP contribution in [-0.4, -0.2) is 41.6 Å². The molecule has 3 unspecified atom stereocenters. The molecule has 4 aromatic rings. The Labute approximate surface area is 248 Å². The second-order valence-electron chi connectivity index (χ2n) is 11.5. The number of piperazine rings is 1. The van der Waals surface area contributed by atoms with Crippen LogP contribution in [0.1, 0.15) is 58.7 Å². The van der Waals surface area contributed by atoms with Crippen LogP contribution in [0.5, 0.6) is 0 Å². The lowest BCUT2D eigenvalue weighted by molar-refractivity contribution is -0.160. The van der Waals surface area contributed by atoms with Crippen LogP contribution in [-0.2, 0) is 16.1 Å². The Morgan fingerprint density at radius 2 is 1.62 bits per heavy atom. The average Bonchev–Trinajstić information content (AvgIpc) is 3.36. The van der Waals surface area contributed by atoms with Crippen LogP contribution >= 0.6 is 0 Å². The first kappa shape index (κ1) is 29.6. The summed E-state index contributed by atoms with van der Waals surface area (Å²) in [5, 5.41) is 0. The van der Waals surface area contributed by atoms with Gasteiger partial charge in [0.1, 0.15) is 0 Å². The van der Waals surface area contributed by atoms with E-state index in [0.29, 0.717) is 17.5 Å². The molecule has 1 fully saturated rings. The van der Waals surface area contributed by atoms with Gasteiger partial charge in [-0.2, -0.15) is 0 Å². The molecule has 0 bridgehead atoms. The summed E-state index contributed by atoms with van der Waals surface area (Å²) in [4.78, 5) is 30.8. The van der Waals surface area contributed by atoms with Crippen molar-refractivity contribution in [3.63, 3.8) is 0 Å². The minimum atomic E-state index is -0.707. The van der Waals surface area contributed by atoms with Gasteiger partial charge < -0.3 is 14.1 Å². The van der Waals surface area contributed by atoms with Crippen LogP contribution in [0.2, 0.25) is 0 Å². The number of carbonyl (C=O) groups excluding carboxylic acids is 1. The first-order valence-corrected chi connectivity index (χ1v) is 15.4. The summed E-state index contributed by atoms with van der Waals surface area (Å²) in [5.41, 5.74) is 5.87. The SMILES string of the molecule is CCCC(C)C(C)C(=O)OC(CC)n1c(=O)oc2c(N3CCN(Cc4cccc(-c5ccccc5)c4)CC3)cccc21. The summed E-state index contributed by atoms with van der Waals surface area (Å²) in [6.07, 6.45) is 1.74. The Morgan fingerprint density at radius 1 is 0.905 bits per heavy atom. The highest BCUT2D eigenvalue weighted by molar-refractivity contribution is 5.87. The molecular formula is C35H43N3O4. The number of carbonyl (C=O) groups is 1. The number of hydrogen-bond acceptors (Lipinski definition) is 6. The number of rotatable bonds is 11. The molecule has 1 aliphatic rings. The van der Waals surface area contributed by atoms with Gasteiger partial charge in [0.15, 0.2) is 11.8 Å². The maximum atomic E-state index is 13.1. The second kappa shape index (κ2) is 13.4. The lowest BCUT2D eigenvalue weighted by Crippen LogP contribution is -2.46. The van der Waals surface area contributed by atoms with Gasteiger partial charge in [0, 0.05) is 39.1 Å². The molecule has 0 aliphatic carbocycles. The van der Waals surface area contributed by atoms with Crippen LogP contribution in [0, 0.1) is 11.8 Å². The molecule has 1 aliphatic heterocycles. The van der Waals surface area contributed by atoms with E-state index in [1.54, 1.807) is 0 Å². The lowest BCUT2D eigenvalue weighted by Gasteiger charge is -2.36. The molecule has 0 amide bonds. The number of fused-ring (bicyclic) bond motifs is 1. The number of benzene rings is 3. The molecule has 0 N–H and O–H groups in total. The third-order valence-electron chi connectivity index (χ3n) is 8.63. The van der Waals surface area contributed by atoms with Crippen LogP contribution < -0.4 is 10.7 Å². The maximum Gasteiger partial charge on any atom is 0.423 e. The van der Waals surface area contributed by atoms with Crippen molar-refractivity contribution in [1.82, 2.24) is 9.47 Å². The normalized spacial score (nSPS) is 16.3. The Balaban J connectivity index is 1.28. The number of oxazole rings is 1. The number of nitrogens with zero attached hydrogens (tertiary/aromatic N) is 3. The number of hydrogen-bond donors (Lipinski definition) is 0. The molecule has 3 aromatic carbocycles. The van der Waals surface area contributed by atoms with Crippen molar-refractivity contribution in [3.05, 3.63) is 88.9 Å². The Bertz CT molecular complexity index is 1530. The molecule has 42 heavy (non-hydrogen) atoms. The largest absolute Gasteiger partial charge is 0.441 e. The molecule has 0 radical (unpaired) electrons. The molecule has 1 saturated heterocycles. The van der Waals surface area contributed by atoms with Crippen molar-refractivity contribution in [1.29, 1.82) is 0 Å². The highest BCUT2D eigenvalue weighted by Crippen LogP contribution is 2.31. The molecule has 7 heteroatoms. The molecule has 1 aromatic heterocycles. The zero-order valence-corrected chi connectivity index (χ0v) is 25.3. The van der Waals surface area contributed by atoms with Crippen LogP contribution in [0.4, 0.5) is 5.69 Å². The van der Waals surface area contributed by atoms with Crippen LogP contribution in [0.25, 0.3) is 22.2 Å². The minimum absolute atomic E-state index is 0.218. The number of para-hydroxylation sites is 1. The fraction of sp³-hybridized carbons (Fsp3) is 0.429. The molecule has 7 nitrogen and oxygen atoms in total. The summed E-state index contributed by atoms with van der Waals surface area (Å²) < 4.78 is 13.2. The molecule has 222 valence electrons. The average molecular weight is 570 g/mol. The standard InChI is InChI=1S/C35H43N3O4/c1-5-12-25(3)26(4)34(39)41-32(6-2)38-31-18-11-17-30(33(31)42-35(38)40)37-21-19-36(20-22-37)24-27-13-10-16-29(23-27)28-14-8-7-9-15-28/h7-11,13-18,23,25-26,32H,5-6,12,19-22,24H2,1-4H3. The van der Waals surface area contributed by atoms with Crippen LogP contribution in [0.3, 0.4) is 0 Å². The predicted molar refractivity (Wildman–Crippen MR) is 168 cm³/mol. The maximum absolute atomic E-state index is 13.1. The smallest absolute Gasteiger partial charge is 0.423 e. The van der Waals surface area contributed by atoms with E-state index in [0.717, 1.165) is 51.3 Å². The van der Waals surface area contributed by atoms with Gasteiger partial charge >= 0.3 is 11.7 Å². The second-order valence-corrected chi connectivity index (χ2v) is 11.5. The number of anilines is 1. The van der Waals surface area contributed by atoms with Gasteiger partial charge in [-0.3, -0.25) is 9.69 Å². The summed E-state index contributed by atoms with van der Waals surface area (Å²) in [6, 6.07) is 25.1. The van der Waals surface area contributed by atoms with Crippen molar-refractivity contribution in [2.24, 2.45) is 11.8 Å². The van der Waals surface area contributed by atoms with Gasteiger partial charge in [-0.1, -0.05) is 95.1 Å². The third-order valence-corrected chi connectivity index (χ3v) is 8.63. The lowest BCUT2D eigenvalue weighted by atomic mass is 9.92. The zero-order valence-electron chi connectivity index (χ0n) is 25.3. The zero-order chi connectivity index (χ0) is 29.6. The Morgan fingerprint density at radius 3 is 2.33 bits per heavy atom. The number of ether oxygens (including phenoxy) is 1. The molecule has 5 rings (SSSR count). The minimum Gasteiger partial charge on any atom is -0.441 e. The Hall–Kier alpha value is -3.84. The van der Waals surface area contributed by atoms with Gasteiger partial charge in [-0.05, 0) is 40.8 Å². The van der Waals surface area contributed by atoms with Gasteiger partial charge in [0.2, 0.25) is 0 Å². The fourth-order valence-electron chi connectivity index (χ4n) is 5.95. The van der Waals surface area contributed by atoms with E-state index in [9.17, 15) is 9.59 Å². The van der Waals surface area contributed by atoms with Crippen molar-refractivity contribution >= 4 is 22.8 Å². The van der Waals surface area contributed by atoms with Crippen molar-refractivity contribution < 1.29 is 13.9 Å². The van der Waals surface area contributed by atoms with E-state index >= 15 is 0 Å². The summed E-state index contributed by atoms with van der Waals surface area (Å²) in [5.74, 6) is -0.787. The quantitative estimate of drug-likeness (QED) is 0.179. The third kappa shape index (κ3) is 6.46. The molecule has 3 atom stereocenters. The van der Waals surface area contributed by atoms with E-state index in [2.05, 4.69) is 72.2 Å². The molecule has 2 heterocycles. The monoisotopic (exact) mass is 569 g/mol. The molecule has 0 saturated carbocycles. The van der Waals surface area contributed by atoms with E-state index in [1.807, 2.05) is 38.1 Å². The van der Waals surface area contributed by atoms with Crippen LogP contribution in [0.15, 0.2) is 82.0 Å². The predicted octanol–water partition coefficient (Wildman–Crippen LogP) is 7.11. The van der Waals surface area contributed by atoms with Crippen molar-refractivity contribution in [2.75, 3.05) is 31.1 Å². The van der Waals surface area contributed by atoms with Crippen molar-refractivity contribution in [2.45, 2.75) is 59.7 Å². The first-order valence-electron chi connectivity index (χ1n) is 15.4. The van der Waals surface area contributed by atoms with E-state index < -0.39 is 12.0 Å². The van der Waals surface area contributed by atoms with Crippen molar-refractivity contribution in [3.8, 4) is 11.1 Å². The van der Waals surface area contributed by atoms with E-state index in [1.165, 1.54) is 21.3 Å². The van der Waals surface area contributed by atoms with Gasteiger partial charge in [-0.15, -0.1) is 0 Å². The fourth-order valence-corrected chi connectivity index (χ4v) is 5.95.